The van der Waals surface area contributed by atoms with Crippen LogP contribution in [0.25, 0.3) is 0 Å². The lowest BCUT2D eigenvalue weighted by Crippen LogP contribution is -2.27. The first-order valence-electron chi connectivity index (χ1n) is 7.39. The average Bonchev–Trinajstić information content (AvgIpc) is 2.92. The van der Waals surface area contributed by atoms with E-state index in [9.17, 15) is 4.79 Å². The van der Waals surface area contributed by atoms with E-state index in [2.05, 4.69) is 10.6 Å². The zero-order valence-electron chi connectivity index (χ0n) is 13.6. The number of furan rings is 1. The van der Waals surface area contributed by atoms with E-state index in [1.54, 1.807) is 18.2 Å². The summed E-state index contributed by atoms with van der Waals surface area (Å²) in [5.41, 5.74) is 0.817. The van der Waals surface area contributed by atoms with Crippen molar-refractivity contribution in [2.75, 3.05) is 10.6 Å². The molecule has 6 heteroatoms. The summed E-state index contributed by atoms with van der Waals surface area (Å²) in [7, 11) is 0. The highest BCUT2D eigenvalue weighted by atomic mass is 16.6. The van der Waals surface area contributed by atoms with Gasteiger partial charge in [0.2, 0.25) is 0 Å². The second kappa shape index (κ2) is 7.19. The van der Waals surface area contributed by atoms with E-state index in [4.69, 9.17) is 14.3 Å². The molecule has 0 aliphatic carbocycles. The van der Waals surface area contributed by atoms with Crippen LogP contribution in [0.4, 0.5) is 16.2 Å². The van der Waals surface area contributed by atoms with E-state index in [1.165, 1.54) is 0 Å². The second-order valence-electron chi connectivity index (χ2n) is 6.05. The molecule has 6 nitrogen and oxygen atoms in total. The minimum absolute atomic E-state index is 0.128. The Morgan fingerprint density at radius 3 is 2.39 bits per heavy atom. The van der Waals surface area contributed by atoms with Crippen LogP contribution in [0.1, 0.15) is 32.3 Å². The van der Waals surface area contributed by atoms with Crippen LogP contribution < -0.4 is 10.6 Å². The van der Waals surface area contributed by atoms with Crippen molar-refractivity contribution in [3.63, 3.8) is 0 Å². The van der Waals surface area contributed by atoms with Gasteiger partial charge in [0, 0.05) is 0 Å². The maximum Gasteiger partial charge on any atom is 0.412 e. The third-order valence-corrected chi connectivity index (χ3v) is 2.89. The molecule has 3 N–H and O–H groups in total. The Kier molecular flexibility index (Phi) is 5.28. The lowest BCUT2D eigenvalue weighted by Gasteiger charge is -2.20. The van der Waals surface area contributed by atoms with Crippen molar-refractivity contribution in [3.8, 4) is 0 Å². The van der Waals surface area contributed by atoms with Crippen LogP contribution in [0.2, 0.25) is 0 Å². The number of nitrogens with one attached hydrogen (secondary N) is 2. The highest BCUT2D eigenvalue weighted by Crippen LogP contribution is 2.23. The molecular weight excluding hydrogens is 296 g/mol. The molecular formula is C17H22N2O4. The van der Waals surface area contributed by atoms with Crippen molar-refractivity contribution in [1.29, 1.82) is 0 Å². The Hall–Kier alpha value is -2.47. The molecule has 0 fully saturated rings. The predicted molar refractivity (Wildman–Crippen MR) is 88.3 cm³/mol. The van der Waals surface area contributed by atoms with E-state index >= 15 is 0 Å². The molecule has 0 radical (unpaired) electrons. The van der Waals surface area contributed by atoms with Crippen molar-refractivity contribution in [3.05, 3.63) is 47.9 Å². The van der Waals surface area contributed by atoms with Crippen LogP contribution in [0.15, 0.2) is 40.8 Å². The van der Waals surface area contributed by atoms with Crippen molar-refractivity contribution in [1.82, 2.24) is 0 Å². The van der Waals surface area contributed by atoms with Crippen LogP contribution in [-0.4, -0.2) is 16.8 Å². The second-order valence-corrected chi connectivity index (χ2v) is 6.05. The molecule has 0 saturated carbocycles. The maximum atomic E-state index is 11.9. The standard InChI is InChI=1S/C17H22N2O4/c1-17(2,3)23-16(21)19-15-7-5-4-6-14(15)18-10-12-8-9-13(11-20)22-12/h4-9,18,20H,10-11H2,1-3H3,(H,19,21). The molecule has 0 aliphatic rings. The topological polar surface area (TPSA) is 83.7 Å². The van der Waals surface area contributed by atoms with E-state index in [0.29, 0.717) is 23.8 Å². The number of aliphatic hydroxyl groups is 1. The predicted octanol–water partition coefficient (Wildman–Crippen LogP) is 3.73. The first kappa shape index (κ1) is 16.9. The summed E-state index contributed by atoms with van der Waals surface area (Å²) in [4.78, 5) is 11.9. The lowest BCUT2D eigenvalue weighted by molar-refractivity contribution is 0.0636. The van der Waals surface area contributed by atoms with Gasteiger partial charge in [-0.15, -0.1) is 0 Å². The first-order valence-corrected chi connectivity index (χ1v) is 7.39. The van der Waals surface area contributed by atoms with Gasteiger partial charge in [-0.1, -0.05) is 12.1 Å². The van der Waals surface area contributed by atoms with Crippen LogP contribution in [0, 0.1) is 0 Å². The van der Waals surface area contributed by atoms with Crippen molar-refractivity contribution in [2.24, 2.45) is 0 Å². The summed E-state index contributed by atoms with van der Waals surface area (Å²) in [6.45, 7) is 5.74. The summed E-state index contributed by atoms with van der Waals surface area (Å²) < 4.78 is 10.7. The molecule has 2 aromatic rings. The van der Waals surface area contributed by atoms with Gasteiger partial charge in [0.1, 0.15) is 23.7 Å². The highest BCUT2D eigenvalue weighted by molar-refractivity contribution is 5.89. The first-order chi connectivity index (χ1) is 10.9. The number of anilines is 2. The van der Waals surface area contributed by atoms with Crippen molar-refractivity contribution in [2.45, 2.75) is 39.5 Å². The Bertz CT molecular complexity index is 659. The molecule has 1 aromatic heterocycles. The van der Waals surface area contributed by atoms with Gasteiger partial charge < -0.3 is 19.6 Å². The third-order valence-electron chi connectivity index (χ3n) is 2.89. The number of para-hydroxylation sites is 2. The fraction of sp³-hybridized carbons (Fsp3) is 0.353. The monoisotopic (exact) mass is 318 g/mol. The number of aliphatic hydroxyl groups excluding tert-OH is 1. The molecule has 0 saturated heterocycles. The highest BCUT2D eigenvalue weighted by Gasteiger charge is 2.17. The number of rotatable bonds is 5. The molecule has 124 valence electrons. The summed E-state index contributed by atoms with van der Waals surface area (Å²) in [6.07, 6.45) is -0.507. The minimum atomic E-state index is -0.554. The normalized spacial score (nSPS) is 11.1. The molecule has 2 rings (SSSR count). The Morgan fingerprint density at radius 2 is 1.78 bits per heavy atom. The zero-order valence-corrected chi connectivity index (χ0v) is 13.6. The largest absolute Gasteiger partial charge is 0.462 e. The van der Waals surface area contributed by atoms with Crippen LogP contribution in [0.5, 0.6) is 0 Å². The van der Waals surface area contributed by atoms with Gasteiger partial charge in [-0.2, -0.15) is 0 Å². The van der Waals surface area contributed by atoms with Crippen molar-refractivity contribution >= 4 is 17.5 Å². The molecule has 0 bridgehead atoms. The summed E-state index contributed by atoms with van der Waals surface area (Å²) >= 11 is 0. The molecule has 0 unspecified atom stereocenters. The number of hydrogen-bond donors (Lipinski definition) is 3. The Balaban J connectivity index is 2.01. The van der Waals surface area contributed by atoms with Gasteiger partial charge in [-0.05, 0) is 45.0 Å². The molecule has 0 aliphatic heterocycles. The van der Waals surface area contributed by atoms with Gasteiger partial charge in [0.05, 0.1) is 17.9 Å². The zero-order chi connectivity index (χ0) is 16.9. The van der Waals surface area contributed by atoms with Crippen LogP contribution >= 0.6 is 0 Å². The number of carbonyl (C=O) groups excluding carboxylic acids is 1. The number of benzene rings is 1. The van der Waals surface area contributed by atoms with Gasteiger partial charge >= 0.3 is 6.09 Å². The molecule has 23 heavy (non-hydrogen) atoms. The third kappa shape index (κ3) is 5.34. The van der Waals surface area contributed by atoms with Gasteiger partial charge in [-0.25, -0.2) is 4.79 Å². The summed E-state index contributed by atoms with van der Waals surface area (Å²) in [5, 5.41) is 14.9. The molecule has 0 atom stereocenters. The van der Waals surface area contributed by atoms with Crippen molar-refractivity contribution < 1.29 is 19.1 Å². The van der Waals surface area contributed by atoms with Gasteiger partial charge in [-0.3, -0.25) is 5.32 Å². The Labute approximate surface area is 135 Å². The quantitative estimate of drug-likeness (QED) is 0.782. The fourth-order valence-electron chi connectivity index (χ4n) is 1.94. The van der Waals surface area contributed by atoms with Gasteiger partial charge in [0.25, 0.3) is 0 Å². The van der Waals surface area contributed by atoms with E-state index < -0.39 is 11.7 Å². The number of carbonyl (C=O) groups is 1. The smallest absolute Gasteiger partial charge is 0.412 e. The van der Waals surface area contributed by atoms with E-state index in [0.717, 1.165) is 5.69 Å². The number of amides is 1. The molecule has 1 amide bonds. The number of hydrogen-bond acceptors (Lipinski definition) is 5. The average molecular weight is 318 g/mol. The van der Waals surface area contributed by atoms with E-state index in [1.807, 2.05) is 39.0 Å². The molecule has 1 aromatic carbocycles. The fourth-order valence-corrected chi connectivity index (χ4v) is 1.94. The molecule has 0 spiro atoms. The SMILES string of the molecule is CC(C)(C)OC(=O)Nc1ccccc1NCc1ccc(CO)o1. The molecule has 1 heterocycles. The number of ether oxygens (including phenoxy) is 1. The summed E-state index contributed by atoms with van der Waals surface area (Å²) in [6, 6.07) is 10.8. The van der Waals surface area contributed by atoms with E-state index in [-0.39, 0.29) is 6.61 Å². The summed E-state index contributed by atoms with van der Waals surface area (Å²) in [5.74, 6) is 1.21. The van der Waals surface area contributed by atoms with Crippen LogP contribution in [0.3, 0.4) is 0 Å². The van der Waals surface area contributed by atoms with Gasteiger partial charge in [0.15, 0.2) is 0 Å². The minimum Gasteiger partial charge on any atom is -0.462 e. The van der Waals surface area contributed by atoms with Crippen LogP contribution in [-0.2, 0) is 17.9 Å². The maximum absolute atomic E-state index is 11.9. The lowest BCUT2D eigenvalue weighted by atomic mass is 10.2. The Morgan fingerprint density at radius 1 is 1.13 bits per heavy atom.